The van der Waals surface area contributed by atoms with Crippen LogP contribution in [-0.4, -0.2) is 70.8 Å². The highest BCUT2D eigenvalue weighted by Crippen LogP contribution is 2.31. The lowest BCUT2D eigenvalue weighted by Crippen LogP contribution is -2.52. The highest BCUT2D eigenvalue weighted by molar-refractivity contribution is 7.22. The van der Waals surface area contributed by atoms with Gasteiger partial charge in [0.1, 0.15) is 11.4 Å². The van der Waals surface area contributed by atoms with Crippen molar-refractivity contribution in [1.29, 1.82) is 0 Å². The van der Waals surface area contributed by atoms with Gasteiger partial charge in [0.2, 0.25) is 0 Å². The number of benzene rings is 1. The molecule has 1 saturated heterocycles. The molecule has 3 aromatic rings. The largest absolute Gasteiger partial charge is 0.495 e. The standard InChI is InChI=1S/C23H27N5O4S/c1-23(2,3)32-22(30)28-9-7-27(8-10-28)21(29)26-20-25-18-6-5-15(12-19(18)33-20)16-11-17(31-4)14-24-13-16/h5-6,11-14H,7-10H2,1-4H3,(H,25,26,29). The van der Waals surface area contributed by atoms with Crippen molar-refractivity contribution in [2.75, 3.05) is 38.6 Å². The zero-order valence-electron chi connectivity index (χ0n) is 19.1. The van der Waals surface area contributed by atoms with Crippen molar-refractivity contribution < 1.29 is 19.1 Å². The lowest BCUT2D eigenvalue weighted by atomic mass is 10.1. The van der Waals surface area contributed by atoms with E-state index < -0.39 is 5.60 Å². The summed E-state index contributed by atoms with van der Waals surface area (Å²) in [5.74, 6) is 0.691. The van der Waals surface area contributed by atoms with Crippen molar-refractivity contribution in [3.63, 3.8) is 0 Å². The fourth-order valence-electron chi connectivity index (χ4n) is 3.44. The first-order valence-electron chi connectivity index (χ1n) is 10.7. The third-order valence-electron chi connectivity index (χ3n) is 5.10. The summed E-state index contributed by atoms with van der Waals surface area (Å²) in [7, 11) is 1.61. The molecule has 2 aromatic heterocycles. The van der Waals surface area contributed by atoms with E-state index in [2.05, 4.69) is 15.3 Å². The molecule has 1 aliphatic rings. The first-order chi connectivity index (χ1) is 15.7. The Bertz CT molecular complexity index is 1170. The van der Waals surface area contributed by atoms with Gasteiger partial charge in [0, 0.05) is 37.9 Å². The number of carbonyl (C=O) groups excluding carboxylic acids is 2. The van der Waals surface area contributed by atoms with Crippen molar-refractivity contribution in [2.24, 2.45) is 0 Å². The van der Waals surface area contributed by atoms with Gasteiger partial charge in [0.15, 0.2) is 5.13 Å². The molecule has 0 spiro atoms. The van der Waals surface area contributed by atoms with E-state index in [9.17, 15) is 9.59 Å². The minimum Gasteiger partial charge on any atom is -0.495 e. The molecule has 3 heterocycles. The molecule has 1 aliphatic heterocycles. The molecule has 10 heteroatoms. The Morgan fingerprint density at radius 2 is 1.76 bits per heavy atom. The number of carbonyl (C=O) groups is 2. The number of piperazine rings is 1. The predicted molar refractivity (Wildman–Crippen MR) is 128 cm³/mol. The van der Waals surface area contributed by atoms with Gasteiger partial charge in [0.25, 0.3) is 0 Å². The van der Waals surface area contributed by atoms with E-state index in [0.717, 1.165) is 21.3 Å². The van der Waals surface area contributed by atoms with Crippen LogP contribution in [0.4, 0.5) is 14.7 Å². The van der Waals surface area contributed by atoms with E-state index in [-0.39, 0.29) is 12.1 Å². The van der Waals surface area contributed by atoms with Crippen LogP contribution in [0, 0.1) is 0 Å². The number of hydrogen-bond acceptors (Lipinski definition) is 7. The highest BCUT2D eigenvalue weighted by atomic mass is 32.1. The van der Waals surface area contributed by atoms with Crippen molar-refractivity contribution in [2.45, 2.75) is 26.4 Å². The van der Waals surface area contributed by atoms with Gasteiger partial charge >= 0.3 is 12.1 Å². The van der Waals surface area contributed by atoms with E-state index in [1.165, 1.54) is 11.3 Å². The summed E-state index contributed by atoms with van der Waals surface area (Å²) in [6.07, 6.45) is 3.09. The number of ether oxygens (including phenoxy) is 2. The quantitative estimate of drug-likeness (QED) is 0.609. The van der Waals surface area contributed by atoms with Gasteiger partial charge in [-0.2, -0.15) is 0 Å². The minimum absolute atomic E-state index is 0.227. The van der Waals surface area contributed by atoms with Gasteiger partial charge in [-0.05, 0) is 44.5 Å². The molecule has 0 atom stereocenters. The molecule has 1 fully saturated rings. The number of aromatic nitrogens is 2. The summed E-state index contributed by atoms with van der Waals surface area (Å²) in [5.41, 5.74) is 2.21. The Morgan fingerprint density at radius 3 is 2.45 bits per heavy atom. The third-order valence-corrected chi connectivity index (χ3v) is 6.04. The zero-order chi connectivity index (χ0) is 23.6. The number of thiazole rings is 1. The maximum absolute atomic E-state index is 12.7. The lowest BCUT2D eigenvalue weighted by molar-refractivity contribution is 0.0174. The number of pyridine rings is 1. The maximum atomic E-state index is 12.7. The fraction of sp³-hybridized carbons (Fsp3) is 0.391. The van der Waals surface area contributed by atoms with Crippen molar-refractivity contribution in [3.8, 4) is 16.9 Å². The molecule has 0 saturated carbocycles. The van der Waals surface area contributed by atoms with Crippen LogP contribution in [0.5, 0.6) is 5.75 Å². The normalized spacial score (nSPS) is 14.3. The van der Waals surface area contributed by atoms with Crippen LogP contribution >= 0.6 is 11.3 Å². The zero-order valence-corrected chi connectivity index (χ0v) is 19.9. The lowest BCUT2D eigenvalue weighted by Gasteiger charge is -2.35. The van der Waals surface area contributed by atoms with E-state index in [4.69, 9.17) is 9.47 Å². The maximum Gasteiger partial charge on any atom is 0.410 e. The second kappa shape index (κ2) is 9.22. The number of urea groups is 1. The van der Waals surface area contributed by atoms with Crippen LogP contribution in [0.2, 0.25) is 0 Å². The Morgan fingerprint density at radius 1 is 1.03 bits per heavy atom. The van der Waals surface area contributed by atoms with E-state index >= 15 is 0 Å². The Kier molecular flexibility index (Phi) is 6.37. The van der Waals surface area contributed by atoms with Crippen LogP contribution in [0.3, 0.4) is 0 Å². The number of nitrogens with one attached hydrogen (secondary N) is 1. The van der Waals surface area contributed by atoms with Crippen molar-refractivity contribution >= 4 is 38.8 Å². The molecule has 4 rings (SSSR count). The van der Waals surface area contributed by atoms with Crippen LogP contribution < -0.4 is 10.1 Å². The van der Waals surface area contributed by atoms with Gasteiger partial charge in [0.05, 0.1) is 23.5 Å². The number of methoxy groups -OCH3 is 1. The molecule has 3 amide bonds. The number of fused-ring (bicyclic) bond motifs is 1. The second-order valence-electron chi connectivity index (χ2n) is 8.70. The third kappa shape index (κ3) is 5.51. The first-order valence-corrected chi connectivity index (χ1v) is 11.5. The van der Waals surface area contributed by atoms with Crippen LogP contribution in [0.15, 0.2) is 36.7 Å². The number of anilines is 1. The van der Waals surface area contributed by atoms with Crippen LogP contribution in [0.1, 0.15) is 20.8 Å². The number of rotatable bonds is 3. The molecule has 0 bridgehead atoms. The molecule has 9 nitrogen and oxygen atoms in total. The summed E-state index contributed by atoms with van der Waals surface area (Å²) in [6, 6.07) is 7.62. The first kappa shape index (κ1) is 22.8. The number of nitrogens with zero attached hydrogens (tertiary/aromatic N) is 4. The summed E-state index contributed by atoms with van der Waals surface area (Å²) in [6.45, 7) is 7.24. The summed E-state index contributed by atoms with van der Waals surface area (Å²) >= 11 is 1.41. The monoisotopic (exact) mass is 469 g/mol. The summed E-state index contributed by atoms with van der Waals surface area (Å²) in [4.78, 5) is 37.0. The van der Waals surface area contributed by atoms with Gasteiger partial charge in [-0.15, -0.1) is 0 Å². The van der Waals surface area contributed by atoms with Crippen LogP contribution in [-0.2, 0) is 4.74 Å². The molecule has 33 heavy (non-hydrogen) atoms. The molecule has 1 aromatic carbocycles. The van der Waals surface area contributed by atoms with Crippen molar-refractivity contribution in [1.82, 2.24) is 19.8 Å². The summed E-state index contributed by atoms with van der Waals surface area (Å²) in [5, 5.41) is 3.42. The fourth-order valence-corrected chi connectivity index (χ4v) is 4.33. The van der Waals surface area contributed by atoms with Gasteiger partial charge < -0.3 is 19.3 Å². The average molecular weight is 470 g/mol. The molecular weight excluding hydrogens is 442 g/mol. The van der Waals surface area contributed by atoms with E-state index in [1.54, 1.807) is 29.3 Å². The second-order valence-corrected chi connectivity index (χ2v) is 9.73. The molecule has 174 valence electrons. The Hall–Kier alpha value is -3.40. The van der Waals surface area contributed by atoms with Gasteiger partial charge in [-0.1, -0.05) is 17.4 Å². The SMILES string of the molecule is COc1cncc(-c2ccc3nc(NC(=O)N4CCN(C(=O)OC(C)(C)C)CC4)sc3c2)c1. The van der Waals surface area contributed by atoms with E-state index in [1.807, 2.05) is 45.0 Å². The topological polar surface area (TPSA) is 96.9 Å². The summed E-state index contributed by atoms with van der Waals surface area (Å²) < 4.78 is 11.6. The number of hydrogen-bond donors (Lipinski definition) is 1. The minimum atomic E-state index is -0.540. The average Bonchev–Trinajstić information content (AvgIpc) is 3.19. The smallest absolute Gasteiger partial charge is 0.410 e. The molecule has 0 aliphatic carbocycles. The molecule has 0 unspecified atom stereocenters. The van der Waals surface area contributed by atoms with Gasteiger partial charge in [-0.25, -0.2) is 14.6 Å². The molecule has 1 N–H and O–H groups in total. The predicted octanol–water partition coefficient (Wildman–Crippen LogP) is 4.45. The van der Waals surface area contributed by atoms with Crippen LogP contribution in [0.25, 0.3) is 21.3 Å². The van der Waals surface area contributed by atoms with Gasteiger partial charge in [-0.3, -0.25) is 10.3 Å². The Labute approximate surface area is 196 Å². The molecule has 0 radical (unpaired) electrons. The Balaban J connectivity index is 1.39. The molecular formula is C23H27N5O4S. The number of amides is 3. The van der Waals surface area contributed by atoms with Crippen molar-refractivity contribution in [3.05, 3.63) is 36.7 Å². The highest BCUT2D eigenvalue weighted by Gasteiger charge is 2.28. The van der Waals surface area contributed by atoms with E-state index in [0.29, 0.717) is 37.1 Å².